The van der Waals surface area contributed by atoms with E-state index < -0.39 is 0 Å². The van der Waals surface area contributed by atoms with Crippen LogP contribution in [-0.4, -0.2) is 73.6 Å². The number of anilines is 3. The maximum Gasteiger partial charge on any atom is 0.205 e. The minimum atomic E-state index is 0.411. The van der Waals surface area contributed by atoms with E-state index >= 15 is 0 Å². The van der Waals surface area contributed by atoms with E-state index in [-0.39, 0.29) is 0 Å². The van der Waals surface area contributed by atoms with Crippen LogP contribution in [0.1, 0.15) is 37.3 Å². The van der Waals surface area contributed by atoms with Crippen molar-refractivity contribution < 1.29 is 0 Å². The highest BCUT2D eigenvalue weighted by atomic mass is 35.5. The first-order valence-corrected chi connectivity index (χ1v) is 14.9. The maximum atomic E-state index is 6.45. The summed E-state index contributed by atoms with van der Waals surface area (Å²) in [4.78, 5) is 22.1. The molecule has 0 atom stereocenters. The third-order valence-corrected chi connectivity index (χ3v) is 9.18. The van der Waals surface area contributed by atoms with Crippen LogP contribution in [0.5, 0.6) is 0 Å². The molecule has 2 fully saturated rings. The number of benzene rings is 2. The molecule has 2 aromatic carbocycles. The number of rotatable bonds is 5. The molecule has 7 rings (SSSR count). The summed E-state index contributed by atoms with van der Waals surface area (Å²) in [6.07, 6.45) is 8.56. The van der Waals surface area contributed by atoms with Gasteiger partial charge in [0.15, 0.2) is 0 Å². The fourth-order valence-corrected chi connectivity index (χ4v) is 6.95. The van der Waals surface area contributed by atoms with Crippen LogP contribution in [0.15, 0.2) is 48.9 Å². The Labute approximate surface area is 244 Å². The lowest BCUT2D eigenvalue weighted by molar-refractivity contribution is 0.0828. The van der Waals surface area contributed by atoms with Gasteiger partial charge in [-0.25, -0.2) is 15.0 Å². The van der Waals surface area contributed by atoms with Gasteiger partial charge in [-0.15, -0.1) is 0 Å². The van der Waals surface area contributed by atoms with Gasteiger partial charge < -0.3 is 25.5 Å². The van der Waals surface area contributed by atoms with Crippen LogP contribution >= 0.6 is 11.6 Å². The summed E-state index contributed by atoms with van der Waals surface area (Å²) in [5, 5.41) is 4.94. The van der Waals surface area contributed by atoms with Crippen molar-refractivity contribution in [1.82, 2.24) is 34.3 Å². The topological polar surface area (TPSA) is 104 Å². The molecule has 212 valence electrons. The number of nitrogens with one attached hydrogen (secondary N) is 2. The second kappa shape index (κ2) is 10.6. The molecule has 9 nitrogen and oxygen atoms in total. The smallest absolute Gasteiger partial charge is 0.205 e. The number of aryl methyl sites for hydroxylation is 1. The molecule has 2 aliphatic rings. The number of hydrogen-bond acceptors (Lipinski definition) is 7. The molecule has 0 radical (unpaired) electrons. The van der Waals surface area contributed by atoms with Gasteiger partial charge in [-0.1, -0.05) is 23.7 Å². The summed E-state index contributed by atoms with van der Waals surface area (Å²) in [6, 6.07) is 13.4. The minimum Gasteiger partial charge on any atom is -0.383 e. The van der Waals surface area contributed by atoms with E-state index in [1.165, 1.54) is 39.0 Å². The van der Waals surface area contributed by atoms with Gasteiger partial charge in [-0.2, -0.15) is 0 Å². The third kappa shape index (κ3) is 5.03. The van der Waals surface area contributed by atoms with Gasteiger partial charge in [0, 0.05) is 55.7 Å². The van der Waals surface area contributed by atoms with Gasteiger partial charge in [0.25, 0.3) is 0 Å². The predicted molar refractivity (Wildman–Crippen MR) is 167 cm³/mol. The average molecular weight is 570 g/mol. The molecule has 5 aromatic rings. The van der Waals surface area contributed by atoms with Crippen molar-refractivity contribution in [3.05, 3.63) is 59.5 Å². The van der Waals surface area contributed by atoms with Crippen molar-refractivity contribution >= 4 is 51.1 Å². The normalized spacial score (nSPS) is 20.7. The zero-order valence-electron chi connectivity index (χ0n) is 23.6. The Morgan fingerprint density at radius 3 is 2.46 bits per heavy atom. The number of piperazine rings is 1. The molecule has 3 aromatic heterocycles. The molecule has 1 saturated carbocycles. The third-order valence-electron chi connectivity index (χ3n) is 8.90. The SMILES string of the molecule is Cc1cc(Cl)c2nc(Nc3ccc(-c4cn(C5CCC(N6CCN(C)CC6)CC5)c5ncnc(N)c45)cc3)[nH]c2c1. The molecule has 41 heavy (non-hydrogen) atoms. The van der Waals surface area contributed by atoms with E-state index in [9.17, 15) is 0 Å². The lowest BCUT2D eigenvalue weighted by Crippen LogP contribution is -2.49. The number of imidazole rings is 1. The zero-order chi connectivity index (χ0) is 28.1. The molecule has 4 heterocycles. The first-order valence-electron chi connectivity index (χ1n) is 14.5. The molecule has 1 aliphatic carbocycles. The molecular weight excluding hydrogens is 534 g/mol. The lowest BCUT2D eigenvalue weighted by Gasteiger charge is -2.41. The summed E-state index contributed by atoms with van der Waals surface area (Å²) in [7, 11) is 2.22. The van der Waals surface area contributed by atoms with Crippen LogP contribution in [0, 0.1) is 6.92 Å². The summed E-state index contributed by atoms with van der Waals surface area (Å²) >= 11 is 6.40. The molecule has 10 heteroatoms. The Morgan fingerprint density at radius 1 is 0.976 bits per heavy atom. The number of nitrogen functional groups attached to an aromatic ring is 1. The lowest BCUT2D eigenvalue weighted by atomic mass is 9.89. The molecule has 0 spiro atoms. The highest BCUT2D eigenvalue weighted by Gasteiger charge is 2.30. The molecule has 1 saturated heterocycles. The molecule has 0 bridgehead atoms. The van der Waals surface area contributed by atoms with Crippen molar-refractivity contribution in [2.24, 2.45) is 0 Å². The van der Waals surface area contributed by atoms with Crippen molar-refractivity contribution in [3.63, 3.8) is 0 Å². The van der Waals surface area contributed by atoms with Gasteiger partial charge >= 0.3 is 0 Å². The second-order valence-corrected chi connectivity index (χ2v) is 12.0. The van der Waals surface area contributed by atoms with Crippen molar-refractivity contribution in [1.29, 1.82) is 0 Å². The number of aromatic amines is 1. The van der Waals surface area contributed by atoms with Crippen LogP contribution < -0.4 is 11.1 Å². The number of aromatic nitrogens is 5. The summed E-state index contributed by atoms with van der Waals surface area (Å²) < 4.78 is 2.36. The summed E-state index contributed by atoms with van der Waals surface area (Å²) in [5.41, 5.74) is 13.2. The first kappa shape index (κ1) is 26.3. The molecule has 0 unspecified atom stereocenters. The number of nitrogens with two attached hydrogens (primary N) is 1. The van der Waals surface area contributed by atoms with Crippen LogP contribution in [0.25, 0.3) is 33.2 Å². The van der Waals surface area contributed by atoms with Gasteiger partial charge in [0.2, 0.25) is 5.95 Å². The molecular formula is C31H36ClN9. The zero-order valence-corrected chi connectivity index (χ0v) is 24.3. The van der Waals surface area contributed by atoms with Crippen LogP contribution in [0.4, 0.5) is 17.5 Å². The number of halogens is 1. The number of hydrogen-bond donors (Lipinski definition) is 3. The van der Waals surface area contributed by atoms with E-state index in [2.05, 4.69) is 72.1 Å². The monoisotopic (exact) mass is 569 g/mol. The number of nitrogens with zero attached hydrogens (tertiary/aromatic N) is 6. The Morgan fingerprint density at radius 2 is 1.71 bits per heavy atom. The van der Waals surface area contributed by atoms with Crippen molar-refractivity contribution in [3.8, 4) is 11.1 Å². The Hall–Kier alpha value is -3.66. The van der Waals surface area contributed by atoms with Crippen LogP contribution in [-0.2, 0) is 0 Å². The number of likely N-dealkylation sites (N-methyl/N-ethyl adjacent to an activating group) is 1. The van der Waals surface area contributed by atoms with E-state index in [0.29, 0.717) is 28.9 Å². The Balaban J connectivity index is 1.12. The van der Waals surface area contributed by atoms with Crippen molar-refractivity contribution in [2.45, 2.75) is 44.7 Å². The standard InChI is InChI=1S/C31H36ClN9/c1-19-15-25(32)28-26(16-19)37-31(38-28)36-21-5-3-20(4-6-21)24-17-41(30-27(24)29(33)34-18-35-30)23-9-7-22(8-10-23)40-13-11-39(2)12-14-40/h3-6,15-18,22-23H,7-14H2,1-2H3,(H2,33,34,35)(H2,36,37,38). The van der Waals surface area contributed by atoms with E-state index in [1.807, 2.05) is 19.1 Å². The average Bonchev–Trinajstić information content (AvgIpc) is 3.56. The molecule has 0 amide bonds. The number of H-pyrrole nitrogens is 1. The fraction of sp³-hybridized carbons (Fsp3) is 0.387. The van der Waals surface area contributed by atoms with Gasteiger partial charge in [-0.05, 0) is 75.0 Å². The first-order chi connectivity index (χ1) is 19.9. The number of fused-ring (bicyclic) bond motifs is 2. The molecule has 1 aliphatic heterocycles. The second-order valence-electron chi connectivity index (χ2n) is 11.6. The van der Waals surface area contributed by atoms with E-state index in [4.69, 9.17) is 22.3 Å². The highest BCUT2D eigenvalue weighted by molar-refractivity contribution is 6.35. The Kier molecular flexibility index (Phi) is 6.81. The van der Waals surface area contributed by atoms with Crippen LogP contribution in [0.3, 0.4) is 0 Å². The van der Waals surface area contributed by atoms with Crippen LogP contribution in [0.2, 0.25) is 5.02 Å². The largest absolute Gasteiger partial charge is 0.383 e. The maximum absolute atomic E-state index is 6.45. The quantitative estimate of drug-likeness (QED) is 0.239. The highest BCUT2D eigenvalue weighted by Crippen LogP contribution is 2.39. The van der Waals surface area contributed by atoms with E-state index in [0.717, 1.165) is 57.3 Å². The predicted octanol–water partition coefficient (Wildman–Crippen LogP) is 5.99. The summed E-state index contributed by atoms with van der Waals surface area (Å²) in [5.74, 6) is 1.17. The fourth-order valence-electron chi connectivity index (χ4n) is 6.63. The minimum absolute atomic E-state index is 0.411. The van der Waals surface area contributed by atoms with Gasteiger partial charge in [-0.3, -0.25) is 4.90 Å². The molecule has 4 N–H and O–H groups in total. The van der Waals surface area contributed by atoms with Gasteiger partial charge in [0.05, 0.1) is 15.9 Å². The summed E-state index contributed by atoms with van der Waals surface area (Å²) in [6.45, 7) is 6.72. The Bertz CT molecular complexity index is 1690. The van der Waals surface area contributed by atoms with Crippen molar-refractivity contribution in [2.75, 3.05) is 44.3 Å². The van der Waals surface area contributed by atoms with E-state index in [1.54, 1.807) is 6.33 Å². The van der Waals surface area contributed by atoms with Gasteiger partial charge in [0.1, 0.15) is 23.3 Å².